The van der Waals surface area contributed by atoms with Crippen LogP contribution in [0.2, 0.25) is 10.0 Å². The number of hydrogen-bond donors (Lipinski definition) is 1. The fraction of sp³-hybridized carbons (Fsp3) is 0.278. The van der Waals surface area contributed by atoms with E-state index in [1.54, 1.807) is 48.5 Å². The second kappa shape index (κ2) is 16.6. The zero-order valence-corrected chi connectivity index (χ0v) is 28.4. The number of nitrogens with zero attached hydrogens (tertiary/aromatic N) is 2. The van der Waals surface area contributed by atoms with Crippen molar-refractivity contribution in [3.05, 3.63) is 130 Å². The molecule has 0 saturated carbocycles. The maximum atomic E-state index is 14.6. The van der Waals surface area contributed by atoms with E-state index in [0.29, 0.717) is 27.8 Å². The second-order valence-electron chi connectivity index (χ2n) is 10.9. The topological polar surface area (TPSA) is 86.8 Å². The minimum absolute atomic E-state index is 0.0428. The highest BCUT2D eigenvalue weighted by Crippen LogP contribution is 2.29. The number of sulfonamides is 1. The van der Waals surface area contributed by atoms with Crippen LogP contribution in [-0.4, -0.2) is 44.3 Å². The van der Waals surface area contributed by atoms with Crippen molar-refractivity contribution < 1.29 is 18.0 Å². The Hall–Kier alpha value is -3.85. The molecule has 242 valence electrons. The summed E-state index contributed by atoms with van der Waals surface area (Å²) in [5, 5.41) is 3.64. The number of nitrogens with one attached hydrogen (secondary N) is 1. The fourth-order valence-electron chi connectivity index (χ4n) is 5.06. The van der Waals surface area contributed by atoms with Gasteiger partial charge in [0.1, 0.15) is 12.6 Å². The minimum Gasteiger partial charge on any atom is -0.354 e. The van der Waals surface area contributed by atoms with Gasteiger partial charge in [-0.1, -0.05) is 110 Å². The first-order chi connectivity index (χ1) is 22.1. The SMILES string of the molecule is CCCCNC(=O)C(Cc1ccccc1)N(Cc1c(Cl)cccc1Cl)C(=O)CN(c1ccc(CC)cc1)S(=O)(=O)c1ccccc1. The first-order valence-corrected chi connectivity index (χ1v) is 17.6. The van der Waals surface area contributed by atoms with E-state index < -0.39 is 28.5 Å². The number of hydrogen-bond acceptors (Lipinski definition) is 4. The third kappa shape index (κ3) is 8.90. The van der Waals surface area contributed by atoms with E-state index in [1.165, 1.54) is 17.0 Å². The molecule has 1 atom stereocenters. The molecule has 46 heavy (non-hydrogen) atoms. The number of anilines is 1. The summed E-state index contributed by atoms with van der Waals surface area (Å²) in [6, 6.07) is 28.5. The summed E-state index contributed by atoms with van der Waals surface area (Å²) in [6.07, 6.45) is 2.62. The van der Waals surface area contributed by atoms with Crippen molar-refractivity contribution >= 4 is 50.7 Å². The van der Waals surface area contributed by atoms with E-state index in [2.05, 4.69) is 5.32 Å². The lowest BCUT2D eigenvalue weighted by Gasteiger charge is -2.34. The normalized spacial score (nSPS) is 11.9. The molecule has 0 aliphatic heterocycles. The Morgan fingerprint density at radius 2 is 1.39 bits per heavy atom. The second-order valence-corrected chi connectivity index (χ2v) is 13.6. The Bertz CT molecular complexity index is 1680. The summed E-state index contributed by atoms with van der Waals surface area (Å²) < 4.78 is 29.3. The maximum absolute atomic E-state index is 14.6. The molecule has 0 fully saturated rings. The Balaban J connectivity index is 1.81. The van der Waals surface area contributed by atoms with E-state index >= 15 is 0 Å². The van der Waals surface area contributed by atoms with Crippen LogP contribution in [0.5, 0.6) is 0 Å². The molecular weight excluding hydrogens is 641 g/mol. The summed E-state index contributed by atoms with van der Waals surface area (Å²) in [5.74, 6) is -0.930. The van der Waals surface area contributed by atoms with Crippen LogP contribution in [0.3, 0.4) is 0 Å². The highest BCUT2D eigenvalue weighted by molar-refractivity contribution is 7.92. The molecule has 0 saturated heterocycles. The first kappa shape index (κ1) is 35.0. The van der Waals surface area contributed by atoms with Crippen molar-refractivity contribution in [2.45, 2.75) is 57.0 Å². The van der Waals surface area contributed by atoms with Crippen LogP contribution in [0.4, 0.5) is 5.69 Å². The molecule has 7 nitrogen and oxygen atoms in total. The van der Waals surface area contributed by atoms with Crippen LogP contribution < -0.4 is 9.62 Å². The molecule has 0 spiro atoms. The molecule has 4 aromatic carbocycles. The summed E-state index contributed by atoms with van der Waals surface area (Å²) in [7, 11) is -4.18. The summed E-state index contributed by atoms with van der Waals surface area (Å²) in [4.78, 5) is 29.9. The molecule has 0 aliphatic rings. The van der Waals surface area contributed by atoms with E-state index in [-0.39, 0.29) is 23.8 Å². The van der Waals surface area contributed by atoms with Crippen molar-refractivity contribution in [2.24, 2.45) is 0 Å². The molecule has 1 unspecified atom stereocenters. The van der Waals surface area contributed by atoms with Gasteiger partial charge in [-0.15, -0.1) is 0 Å². The van der Waals surface area contributed by atoms with E-state index in [0.717, 1.165) is 34.7 Å². The molecule has 10 heteroatoms. The highest BCUT2D eigenvalue weighted by atomic mass is 35.5. The Morgan fingerprint density at radius 1 is 0.783 bits per heavy atom. The zero-order valence-electron chi connectivity index (χ0n) is 26.0. The zero-order chi connectivity index (χ0) is 33.1. The van der Waals surface area contributed by atoms with E-state index in [1.807, 2.05) is 56.3 Å². The predicted octanol–water partition coefficient (Wildman–Crippen LogP) is 7.31. The number of amides is 2. The Kier molecular flexibility index (Phi) is 12.7. The van der Waals surface area contributed by atoms with Crippen LogP contribution in [0.25, 0.3) is 0 Å². The van der Waals surface area contributed by atoms with Crippen LogP contribution in [0.15, 0.2) is 108 Å². The van der Waals surface area contributed by atoms with Gasteiger partial charge in [-0.2, -0.15) is 0 Å². The third-order valence-electron chi connectivity index (χ3n) is 7.73. The molecular formula is C36H39Cl2N3O4S. The number of aryl methyl sites for hydroxylation is 1. The van der Waals surface area contributed by atoms with Gasteiger partial charge in [0.15, 0.2) is 0 Å². The predicted molar refractivity (Wildman–Crippen MR) is 186 cm³/mol. The van der Waals surface area contributed by atoms with Crippen molar-refractivity contribution in [1.82, 2.24) is 10.2 Å². The van der Waals surface area contributed by atoms with Crippen LogP contribution in [-0.2, 0) is 39.0 Å². The monoisotopic (exact) mass is 679 g/mol. The van der Waals surface area contributed by atoms with E-state index in [4.69, 9.17) is 23.2 Å². The molecule has 4 rings (SSSR count). The Labute approximate surface area is 282 Å². The molecule has 0 bridgehead atoms. The number of carbonyl (C=O) groups excluding carboxylic acids is 2. The average molecular weight is 681 g/mol. The number of benzene rings is 4. The van der Waals surface area contributed by atoms with Crippen molar-refractivity contribution in [2.75, 3.05) is 17.4 Å². The third-order valence-corrected chi connectivity index (χ3v) is 10.2. The lowest BCUT2D eigenvalue weighted by Crippen LogP contribution is -2.53. The van der Waals surface area contributed by atoms with Gasteiger partial charge in [-0.3, -0.25) is 13.9 Å². The maximum Gasteiger partial charge on any atom is 0.264 e. The fourth-order valence-corrected chi connectivity index (χ4v) is 7.01. The van der Waals surface area contributed by atoms with Gasteiger partial charge in [-0.05, 0) is 60.4 Å². The molecule has 0 radical (unpaired) electrons. The Morgan fingerprint density at radius 3 is 1.98 bits per heavy atom. The molecule has 4 aromatic rings. The first-order valence-electron chi connectivity index (χ1n) is 15.4. The largest absolute Gasteiger partial charge is 0.354 e. The van der Waals surface area contributed by atoms with Gasteiger partial charge in [0, 0.05) is 35.1 Å². The van der Waals surface area contributed by atoms with Crippen LogP contribution in [0.1, 0.15) is 43.4 Å². The van der Waals surface area contributed by atoms with Gasteiger partial charge < -0.3 is 10.2 Å². The van der Waals surface area contributed by atoms with Gasteiger partial charge >= 0.3 is 0 Å². The standard InChI is InChI=1S/C36H39Cl2N3O4S/c1-3-5-23-39-36(43)34(24-28-13-8-6-9-14-28)40(25-31-32(37)17-12-18-33(31)38)35(42)26-41(29-21-19-27(4-2)20-22-29)46(44,45)30-15-10-7-11-16-30/h6-22,34H,3-5,23-26H2,1-2H3,(H,39,43). The number of halogens is 2. The highest BCUT2D eigenvalue weighted by Gasteiger charge is 2.35. The van der Waals surface area contributed by atoms with E-state index in [9.17, 15) is 18.0 Å². The van der Waals surface area contributed by atoms with Crippen molar-refractivity contribution in [3.8, 4) is 0 Å². The van der Waals surface area contributed by atoms with Crippen LogP contribution in [0, 0.1) is 0 Å². The van der Waals surface area contributed by atoms with Gasteiger partial charge in [0.05, 0.1) is 10.6 Å². The quantitative estimate of drug-likeness (QED) is 0.134. The lowest BCUT2D eigenvalue weighted by atomic mass is 10.0. The van der Waals surface area contributed by atoms with Crippen molar-refractivity contribution in [1.29, 1.82) is 0 Å². The summed E-state index contributed by atoms with van der Waals surface area (Å²) >= 11 is 13.2. The molecule has 1 N–H and O–H groups in total. The smallest absolute Gasteiger partial charge is 0.264 e. The van der Waals surface area contributed by atoms with Gasteiger partial charge in [0.2, 0.25) is 11.8 Å². The lowest BCUT2D eigenvalue weighted by molar-refractivity contribution is -0.140. The van der Waals surface area contributed by atoms with Crippen LogP contribution >= 0.6 is 23.2 Å². The molecule has 0 aromatic heterocycles. The molecule has 0 heterocycles. The number of rotatable bonds is 15. The molecule has 2 amide bonds. The average Bonchev–Trinajstić information content (AvgIpc) is 3.07. The number of carbonyl (C=O) groups is 2. The molecule has 0 aliphatic carbocycles. The van der Waals surface area contributed by atoms with Gasteiger partial charge in [0.25, 0.3) is 10.0 Å². The minimum atomic E-state index is -4.18. The summed E-state index contributed by atoms with van der Waals surface area (Å²) in [6.45, 7) is 3.81. The number of unbranched alkanes of at least 4 members (excludes halogenated alkanes) is 1. The van der Waals surface area contributed by atoms with Crippen molar-refractivity contribution in [3.63, 3.8) is 0 Å². The van der Waals surface area contributed by atoms with Gasteiger partial charge in [-0.25, -0.2) is 8.42 Å². The summed E-state index contributed by atoms with van der Waals surface area (Å²) in [5.41, 5.74) is 2.65.